The number of rotatable bonds is 24. The molecule has 3 aromatic heterocycles. The van der Waals surface area contributed by atoms with Crippen molar-refractivity contribution < 1.29 is 24.1 Å². The van der Waals surface area contributed by atoms with E-state index in [0.29, 0.717) is 31.2 Å². The van der Waals surface area contributed by atoms with Crippen molar-refractivity contribution in [3.63, 3.8) is 0 Å². The highest BCUT2D eigenvalue weighted by Crippen LogP contribution is 2.36. The van der Waals surface area contributed by atoms with Crippen LogP contribution in [-0.4, -0.2) is 50.1 Å². The summed E-state index contributed by atoms with van der Waals surface area (Å²) in [6, 6.07) is 21.9. The van der Waals surface area contributed by atoms with Crippen LogP contribution in [0.25, 0.3) is 22.5 Å². The molecule has 0 saturated heterocycles. The number of aliphatic hydroxyl groups is 1. The van der Waals surface area contributed by atoms with E-state index in [1.807, 2.05) is 80.8 Å². The molecule has 322 valence electrons. The summed E-state index contributed by atoms with van der Waals surface area (Å²) in [5.74, 6) is 1.95. The molecule has 1 atom stereocenters. The zero-order valence-electron chi connectivity index (χ0n) is 38.3. The Morgan fingerprint density at radius 3 is 1.76 bits per heavy atom. The van der Waals surface area contributed by atoms with E-state index >= 15 is 0 Å². The molecule has 1 N–H and O–H groups in total. The smallest absolute Gasteiger partial charge is 0.213 e. The molecule has 8 nitrogen and oxygen atoms in total. The van der Waals surface area contributed by atoms with Gasteiger partial charge in [0.25, 0.3) is 0 Å². The van der Waals surface area contributed by atoms with E-state index in [1.165, 1.54) is 31.3 Å². The van der Waals surface area contributed by atoms with Gasteiger partial charge in [0.05, 0.1) is 23.6 Å². The largest absolute Gasteiger partial charge is 0.488 e. The van der Waals surface area contributed by atoms with Gasteiger partial charge in [-0.25, -0.2) is 15.0 Å². The molecular formula is C51H73N3O5. The molecule has 0 amide bonds. The van der Waals surface area contributed by atoms with E-state index in [1.54, 1.807) is 0 Å². The van der Waals surface area contributed by atoms with Crippen LogP contribution in [0.1, 0.15) is 146 Å². The van der Waals surface area contributed by atoms with Gasteiger partial charge in [-0.05, 0) is 141 Å². The van der Waals surface area contributed by atoms with Crippen LogP contribution >= 0.6 is 0 Å². The minimum atomic E-state index is -0.504. The van der Waals surface area contributed by atoms with Crippen LogP contribution in [0.15, 0.2) is 90.8 Å². The summed E-state index contributed by atoms with van der Waals surface area (Å²) in [7, 11) is 0. The van der Waals surface area contributed by atoms with Crippen molar-refractivity contribution in [3.05, 3.63) is 96.3 Å². The van der Waals surface area contributed by atoms with Crippen molar-refractivity contribution in [2.24, 2.45) is 5.41 Å². The molecule has 59 heavy (non-hydrogen) atoms. The summed E-state index contributed by atoms with van der Waals surface area (Å²) in [6.07, 6.45) is 14.9. The monoisotopic (exact) mass is 808 g/mol. The van der Waals surface area contributed by atoms with Crippen LogP contribution in [0.3, 0.4) is 0 Å². The number of nitrogens with zero attached hydrogens (tertiary/aromatic N) is 3. The average Bonchev–Trinajstić information content (AvgIpc) is 3.16. The van der Waals surface area contributed by atoms with Crippen LogP contribution < -0.4 is 14.2 Å². The first-order valence-electron chi connectivity index (χ1n) is 21.7. The molecule has 0 aliphatic heterocycles. The molecule has 0 radical (unpaired) electrons. The van der Waals surface area contributed by atoms with Crippen molar-refractivity contribution in [1.82, 2.24) is 15.0 Å². The fourth-order valence-electron chi connectivity index (χ4n) is 7.72. The third-order valence-corrected chi connectivity index (χ3v) is 11.1. The maximum absolute atomic E-state index is 9.34. The predicted molar refractivity (Wildman–Crippen MR) is 242 cm³/mol. The summed E-state index contributed by atoms with van der Waals surface area (Å²) >= 11 is 0. The molecule has 1 unspecified atom stereocenters. The molecule has 0 fully saturated rings. The number of unbranched alkanes of at least 4 members (excludes halogenated alkanes) is 1. The maximum atomic E-state index is 9.34. The molecule has 1 aromatic carbocycles. The van der Waals surface area contributed by atoms with Crippen molar-refractivity contribution in [2.75, 3.05) is 13.2 Å². The Bertz CT molecular complexity index is 1900. The predicted octanol–water partition coefficient (Wildman–Crippen LogP) is 13.1. The second-order valence-corrected chi connectivity index (χ2v) is 19.0. The summed E-state index contributed by atoms with van der Waals surface area (Å²) < 4.78 is 25.4. The van der Waals surface area contributed by atoms with Gasteiger partial charge < -0.3 is 24.1 Å². The molecule has 0 aliphatic carbocycles. The minimum absolute atomic E-state index is 0.0854. The molecule has 4 rings (SSSR count). The first-order valence-corrected chi connectivity index (χ1v) is 21.7. The molecule has 4 aromatic rings. The highest BCUT2D eigenvalue weighted by molar-refractivity contribution is 5.65. The normalized spacial score (nSPS) is 13.9. The summed E-state index contributed by atoms with van der Waals surface area (Å²) in [5.41, 5.74) is 4.49. The fourth-order valence-corrected chi connectivity index (χ4v) is 7.72. The summed E-state index contributed by atoms with van der Waals surface area (Å²) in [4.78, 5) is 14.3. The Morgan fingerprint density at radius 2 is 1.24 bits per heavy atom. The van der Waals surface area contributed by atoms with Gasteiger partial charge in [-0.2, -0.15) is 0 Å². The Kier molecular flexibility index (Phi) is 16.7. The first-order chi connectivity index (χ1) is 27.8. The van der Waals surface area contributed by atoms with Gasteiger partial charge in [0, 0.05) is 55.1 Å². The quantitative estimate of drug-likeness (QED) is 0.0552. The topological polar surface area (TPSA) is 95.8 Å². The van der Waals surface area contributed by atoms with Crippen molar-refractivity contribution >= 4 is 0 Å². The Labute approximate surface area is 356 Å². The standard InChI is InChI=1S/C51H73N3O5/c1-13-18-38(3)19-15-16-30-47(4,5)37-50(10,11)59-46-29-23-40(36-53-46)44-21-17-20-43(54-44)39-22-28-45(52-35-39)58-49(8,9)32-34-56-51(12,14-2)41-24-26-42(27-25-41)57-48(6,7)31-33-55/h17-18,20-29,35-36,55H,13-16,19,30-34,37H2,1-12H3/b38-18+. The van der Waals surface area contributed by atoms with Gasteiger partial charge in [0.1, 0.15) is 22.6 Å². The van der Waals surface area contributed by atoms with E-state index in [4.69, 9.17) is 23.9 Å². The van der Waals surface area contributed by atoms with Gasteiger partial charge in [0.2, 0.25) is 11.8 Å². The number of hydrogen-bond donors (Lipinski definition) is 1. The molecule has 0 bridgehead atoms. The maximum Gasteiger partial charge on any atom is 0.213 e. The van der Waals surface area contributed by atoms with Crippen molar-refractivity contribution in [3.8, 4) is 40.0 Å². The number of pyridine rings is 3. The summed E-state index contributed by atoms with van der Waals surface area (Å²) in [6.45, 7) is 26.4. The number of aromatic nitrogens is 3. The van der Waals surface area contributed by atoms with E-state index in [0.717, 1.165) is 53.1 Å². The average molecular weight is 808 g/mol. The number of ether oxygens (including phenoxy) is 4. The number of benzene rings is 1. The number of allylic oxidation sites excluding steroid dienone is 2. The van der Waals surface area contributed by atoms with E-state index < -0.39 is 16.8 Å². The van der Waals surface area contributed by atoms with Crippen LogP contribution in [-0.2, 0) is 10.3 Å². The van der Waals surface area contributed by atoms with Crippen LogP contribution in [0.5, 0.6) is 17.5 Å². The molecule has 3 heterocycles. The first kappa shape index (κ1) is 47.4. The van der Waals surface area contributed by atoms with Gasteiger partial charge >= 0.3 is 0 Å². The third-order valence-electron chi connectivity index (χ3n) is 11.1. The Balaban J connectivity index is 1.30. The third kappa shape index (κ3) is 15.4. The zero-order valence-corrected chi connectivity index (χ0v) is 38.3. The zero-order chi connectivity index (χ0) is 43.3. The highest BCUT2D eigenvalue weighted by Gasteiger charge is 2.31. The van der Waals surface area contributed by atoms with Gasteiger partial charge in [0.15, 0.2) is 0 Å². The van der Waals surface area contributed by atoms with E-state index in [-0.39, 0.29) is 17.6 Å². The van der Waals surface area contributed by atoms with E-state index in [9.17, 15) is 5.11 Å². The number of hydrogen-bond acceptors (Lipinski definition) is 8. The van der Waals surface area contributed by atoms with Crippen LogP contribution in [0, 0.1) is 5.41 Å². The number of aliphatic hydroxyl groups excluding tert-OH is 1. The lowest BCUT2D eigenvalue weighted by Gasteiger charge is -2.35. The molecule has 0 aliphatic rings. The SMILES string of the molecule is CC/C=C(\C)CCCCC(C)(C)CC(C)(C)Oc1ccc(-c2cccc(-c3ccc(OC(C)(C)CCOC(C)(CC)c4ccc(OC(C)(C)CCO)cc4)nc3)n2)cn1. The highest BCUT2D eigenvalue weighted by atomic mass is 16.5. The lowest BCUT2D eigenvalue weighted by atomic mass is 9.78. The van der Waals surface area contributed by atoms with Gasteiger partial charge in [-0.3, -0.25) is 0 Å². The molecular weight excluding hydrogens is 735 g/mol. The van der Waals surface area contributed by atoms with Gasteiger partial charge in [-0.15, -0.1) is 0 Å². The van der Waals surface area contributed by atoms with Crippen molar-refractivity contribution in [1.29, 1.82) is 0 Å². The van der Waals surface area contributed by atoms with E-state index in [2.05, 4.69) is 97.4 Å². The fraction of sp³-hybridized carbons (Fsp3) is 0.549. The van der Waals surface area contributed by atoms with Gasteiger partial charge in [-0.1, -0.05) is 64.0 Å². The lowest BCUT2D eigenvalue weighted by molar-refractivity contribution is -0.0590. The van der Waals surface area contributed by atoms with Crippen LogP contribution in [0.2, 0.25) is 0 Å². The second-order valence-electron chi connectivity index (χ2n) is 19.0. The Morgan fingerprint density at radius 1 is 0.661 bits per heavy atom. The summed E-state index contributed by atoms with van der Waals surface area (Å²) in [5, 5.41) is 9.34. The minimum Gasteiger partial charge on any atom is -0.488 e. The second kappa shape index (κ2) is 20.8. The lowest BCUT2D eigenvalue weighted by Crippen LogP contribution is -2.34. The molecule has 0 saturated carbocycles. The van der Waals surface area contributed by atoms with Crippen molar-refractivity contribution in [2.45, 2.75) is 163 Å². The van der Waals surface area contributed by atoms with Crippen LogP contribution in [0.4, 0.5) is 0 Å². The Hall–Kier alpha value is -4.27. The molecule has 0 spiro atoms. The molecule has 8 heteroatoms.